The fourth-order valence-electron chi connectivity index (χ4n) is 2.65. The third kappa shape index (κ3) is 3.34. The summed E-state index contributed by atoms with van der Waals surface area (Å²) >= 11 is 1.56. The van der Waals surface area contributed by atoms with E-state index in [0.29, 0.717) is 29.4 Å². The van der Waals surface area contributed by atoms with Crippen LogP contribution in [0.5, 0.6) is 17.2 Å². The highest BCUT2D eigenvalue weighted by molar-refractivity contribution is 7.10. The van der Waals surface area contributed by atoms with Crippen molar-refractivity contribution in [1.82, 2.24) is 0 Å². The minimum absolute atomic E-state index is 0.102. The average Bonchev–Trinajstić information content (AvgIpc) is 3.29. The Morgan fingerprint density at radius 2 is 1.88 bits per heavy atom. The number of ketones is 1. The van der Waals surface area contributed by atoms with E-state index < -0.39 is 0 Å². The molecule has 130 valence electrons. The van der Waals surface area contributed by atoms with Crippen molar-refractivity contribution in [3.63, 3.8) is 0 Å². The lowest BCUT2D eigenvalue weighted by Gasteiger charge is -2.08. The number of allylic oxidation sites excluding steroid dienone is 1. The van der Waals surface area contributed by atoms with Gasteiger partial charge in [-0.25, -0.2) is 0 Å². The summed E-state index contributed by atoms with van der Waals surface area (Å²) < 4.78 is 16.7. The molecule has 26 heavy (non-hydrogen) atoms. The molecular weight excluding hydrogens is 348 g/mol. The van der Waals surface area contributed by atoms with Crippen LogP contribution in [0.3, 0.4) is 0 Å². The van der Waals surface area contributed by atoms with Gasteiger partial charge >= 0.3 is 0 Å². The average molecular weight is 364 g/mol. The predicted octanol–water partition coefficient (Wildman–Crippen LogP) is 4.95. The van der Waals surface area contributed by atoms with Crippen molar-refractivity contribution in [1.29, 1.82) is 0 Å². The van der Waals surface area contributed by atoms with E-state index in [1.807, 2.05) is 41.8 Å². The Morgan fingerprint density at radius 1 is 1.08 bits per heavy atom. The zero-order valence-corrected chi connectivity index (χ0v) is 14.9. The molecular formula is C21H16O4S. The van der Waals surface area contributed by atoms with Gasteiger partial charge in [-0.2, -0.15) is 0 Å². The van der Waals surface area contributed by atoms with Crippen LogP contribution in [0, 0.1) is 0 Å². The van der Waals surface area contributed by atoms with Crippen molar-refractivity contribution in [3.8, 4) is 17.2 Å². The van der Waals surface area contributed by atoms with Crippen molar-refractivity contribution in [2.75, 3.05) is 7.11 Å². The smallest absolute Gasteiger partial charge is 0.232 e. The highest BCUT2D eigenvalue weighted by atomic mass is 32.1. The number of ether oxygens (including phenoxy) is 3. The molecule has 0 spiro atoms. The number of benzene rings is 2. The van der Waals surface area contributed by atoms with Crippen LogP contribution in [0.4, 0.5) is 0 Å². The van der Waals surface area contributed by atoms with Gasteiger partial charge < -0.3 is 14.2 Å². The van der Waals surface area contributed by atoms with Crippen molar-refractivity contribution < 1.29 is 19.0 Å². The molecule has 0 saturated heterocycles. The lowest BCUT2D eigenvalue weighted by Crippen LogP contribution is -1.97. The summed E-state index contributed by atoms with van der Waals surface area (Å²) in [5, 5.41) is 1.96. The van der Waals surface area contributed by atoms with E-state index in [0.717, 1.165) is 16.2 Å². The van der Waals surface area contributed by atoms with E-state index in [9.17, 15) is 4.79 Å². The molecule has 0 N–H and O–H groups in total. The zero-order chi connectivity index (χ0) is 17.9. The third-order valence-corrected chi connectivity index (χ3v) is 4.84. The molecule has 4 nitrogen and oxygen atoms in total. The molecule has 1 aliphatic rings. The second-order valence-electron chi connectivity index (χ2n) is 5.75. The number of methoxy groups -OCH3 is 1. The normalized spacial score (nSPS) is 14.2. The standard InChI is InChI=1S/C21H16O4S/c1-23-15-6-4-14(5-7-15)13-24-16-8-9-18-19(11-16)25-20(21(18)22)12-17-3-2-10-26-17/h2-12H,13H2,1H3/b20-12-. The first-order valence-corrected chi connectivity index (χ1v) is 8.98. The third-order valence-electron chi connectivity index (χ3n) is 4.02. The Labute approximate surface area is 155 Å². The monoisotopic (exact) mass is 364 g/mol. The maximum atomic E-state index is 12.4. The minimum Gasteiger partial charge on any atom is -0.497 e. The first-order chi connectivity index (χ1) is 12.7. The number of fused-ring (bicyclic) bond motifs is 1. The molecule has 0 saturated carbocycles. The van der Waals surface area contributed by atoms with Gasteiger partial charge in [0.05, 0.1) is 12.7 Å². The fraction of sp³-hybridized carbons (Fsp3) is 0.0952. The molecule has 0 amide bonds. The largest absolute Gasteiger partial charge is 0.497 e. The highest BCUT2D eigenvalue weighted by Crippen LogP contribution is 2.35. The minimum atomic E-state index is -0.102. The Balaban J connectivity index is 1.47. The van der Waals surface area contributed by atoms with Crippen LogP contribution in [-0.4, -0.2) is 12.9 Å². The van der Waals surface area contributed by atoms with Crippen LogP contribution in [0.25, 0.3) is 6.08 Å². The van der Waals surface area contributed by atoms with E-state index in [1.54, 1.807) is 42.7 Å². The van der Waals surface area contributed by atoms with E-state index in [1.165, 1.54) is 0 Å². The number of rotatable bonds is 5. The molecule has 4 rings (SSSR count). The number of hydrogen-bond donors (Lipinski definition) is 0. The Kier molecular flexibility index (Phi) is 4.46. The molecule has 0 bridgehead atoms. The summed E-state index contributed by atoms with van der Waals surface area (Å²) in [5.74, 6) is 2.24. The van der Waals surface area contributed by atoms with Crippen molar-refractivity contribution >= 4 is 23.2 Å². The summed E-state index contributed by atoms with van der Waals surface area (Å²) in [4.78, 5) is 13.4. The van der Waals surface area contributed by atoms with Gasteiger partial charge in [-0.05, 0) is 41.3 Å². The van der Waals surface area contributed by atoms with E-state index in [2.05, 4.69) is 0 Å². The maximum Gasteiger partial charge on any atom is 0.232 e. The van der Waals surface area contributed by atoms with Crippen LogP contribution in [0.2, 0.25) is 0 Å². The number of hydrogen-bond acceptors (Lipinski definition) is 5. The molecule has 0 fully saturated rings. The molecule has 0 aliphatic carbocycles. The van der Waals surface area contributed by atoms with Crippen LogP contribution in [0.1, 0.15) is 20.8 Å². The molecule has 0 radical (unpaired) electrons. The first-order valence-electron chi connectivity index (χ1n) is 8.10. The second-order valence-corrected chi connectivity index (χ2v) is 6.73. The second kappa shape index (κ2) is 7.06. The summed E-state index contributed by atoms with van der Waals surface area (Å²) in [5.41, 5.74) is 1.59. The van der Waals surface area contributed by atoms with Crippen molar-refractivity contribution in [3.05, 3.63) is 81.7 Å². The Hall–Kier alpha value is -3.05. The van der Waals surface area contributed by atoms with Gasteiger partial charge in [-0.15, -0.1) is 11.3 Å². The number of thiophene rings is 1. The SMILES string of the molecule is COc1ccc(COc2ccc3c(c2)O/C(=C\c2cccs2)C3=O)cc1. The van der Waals surface area contributed by atoms with Gasteiger partial charge in [0.15, 0.2) is 5.76 Å². The zero-order valence-electron chi connectivity index (χ0n) is 14.1. The van der Waals surface area contributed by atoms with Gasteiger partial charge in [-0.1, -0.05) is 18.2 Å². The molecule has 0 unspecified atom stereocenters. The summed E-state index contributed by atoms with van der Waals surface area (Å²) in [6.07, 6.45) is 1.77. The van der Waals surface area contributed by atoms with Gasteiger partial charge in [0.1, 0.15) is 23.9 Å². The van der Waals surface area contributed by atoms with E-state index in [-0.39, 0.29) is 5.78 Å². The van der Waals surface area contributed by atoms with Crippen LogP contribution < -0.4 is 14.2 Å². The highest BCUT2D eigenvalue weighted by Gasteiger charge is 2.27. The molecule has 1 aliphatic heterocycles. The maximum absolute atomic E-state index is 12.4. The molecule has 2 aromatic carbocycles. The molecule has 5 heteroatoms. The molecule has 2 heterocycles. The van der Waals surface area contributed by atoms with Gasteiger partial charge in [0.25, 0.3) is 0 Å². The van der Waals surface area contributed by atoms with E-state index in [4.69, 9.17) is 14.2 Å². The number of carbonyl (C=O) groups excluding carboxylic acids is 1. The van der Waals surface area contributed by atoms with E-state index >= 15 is 0 Å². The first kappa shape index (κ1) is 16.4. The van der Waals surface area contributed by atoms with Gasteiger partial charge in [0, 0.05) is 17.0 Å². The summed E-state index contributed by atoms with van der Waals surface area (Å²) in [6.45, 7) is 0.425. The lowest BCUT2D eigenvalue weighted by atomic mass is 10.1. The Morgan fingerprint density at radius 3 is 2.62 bits per heavy atom. The van der Waals surface area contributed by atoms with Crippen LogP contribution >= 0.6 is 11.3 Å². The van der Waals surface area contributed by atoms with Gasteiger partial charge in [-0.3, -0.25) is 4.79 Å². The van der Waals surface area contributed by atoms with Crippen LogP contribution in [-0.2, 0) is 6.61 Å². The number of Topliss-reactive ketones (excluding diaryl/α,β-unsaturated/α-hetero) is 1. The quantitative estimate of drug-likeness (QED) is 0.601. The molecule has 3 aromatic rings. The summed E-state index contributed by atoms with van der Waals surface area (Å²) in [6, 6.07) is 16.9. The fourth-order valence-corrected chi connectivity index (χ4v) is 3.29. The topological polar surface area (TPSA) is 44.8 Å². The predicted molar refractivity (Wildman–Crippen MR) is 101 cm³/mol. The Bertz CT molecular complexity index is 956. The number of carbonyl (C=O) groups is 1. The van der Waals surface area contributed by atoms with Gasteiger partial charge in [0.2, 0.25) is 5.78 Å². The summed E-state index contributed by atoms with van der Waals surface area (Å²) in [7, 11) is 1.64. The molecule has 1 aromatic heterocycles. The van der Waals surface area contributed by atoms with Crippen LogP contribution in [0.15, 0.2) is 65.7 Å². The van der Waals surface area contributed by atoms with Crippen molar-refractivity contribution in [2.45, 2.75) is 6.61 Å². The van der Waals surface area contributed by atoms with Crippen molar-refractivity contribution in [2.24, 2.45) is 0 Å². The molecule has 0 atom stereocenters. The lowest BCUT2D eigenvalue weighted by molar-refractivity contribution is 0.101.